The summed E-state index contributed by atoms with van der Waals surface area (Å²) < 4.78 is 0. The van der Waals surface area contributed by atoms with Crippen LogP contribution in [0.15, 0.2) is 29.8 Å². The number of aromatic carboxylic acids is 1. The van der Waals surface area contributed by atoms with E-state index in [4.69, 9.17) is 5.11 Å². The van der Waals surface area contributed by atoms with E-state index in [1.165, 1.54) is 5.56 Å². The van der Waals surface area contributed by atoms with Gasteiger partial charge in [-0.05, 0) is 17.9 Å². The summed E-state index contributed by atoms with van der Waals surface area (Å²) in [5.74, 6) is -0.302. The third-order valence-corrected chi connectivity index (χ3v) is 3.45. The zero-order valence-corrected chi connectivity index (χ0v) is 11.2. The fourth-order valence-electron chi connectivity index (χ4n) is 1.87. The predicted molar refractivity (Wildman–Crippen MR) is 73.1 cm³/mol. The van der Waals surface area contributed by atoms with Gasteiger partial charge in [-0.1, -0.05) is 38.1 Å². The van der Waals surface area contributed by atoms with Gasteiger partial charge in [0.05, 0.1) is 11.2 Å². The van der Waals surface area contributed by atoms with E-state index < -0.39 is 5.97 Å². The molecule has 18 heavy (non-hydrogen) atoms. The molecule has 0 atom stereocenters. The first-order chi connectivity index (χ1) is 8.58. The van der Waals surface area contributed by atoms with Gasteiger partial charge in [-0.25, -0.2) is 9.78 Å². The van der Waals surface area contributed by atoms with Crippen molar-refractivity contribution in [1.82, 2.24) is 4.98 Å². The zero-order valence-electron chi connectivity index (χ0n) is 10.4. The van der Waals surface area contributed by atoms with Crippen molar-refractivity contribution in [2.75, 3.05) is 0 Å². The van der Waals surface area contributed by atoms with Crippen LogP contribution in [0, 0.1) is 5.92 Å². The van der Waals surface area contributed by atoms with Gasteiger partial charge in [-0.3, -0.25) is 0 Å². The molecule has 3 nitrogen and oxygen atoms in total. The van der Waals surface area contributed by atoms with Crippen LogP contribution in [0.25, 0.3) is 11.3 Å². The molecular formula is C14H15NO2S. The number of rotatable bonds is 4. The Bertz CT molecular complexity index is 543. The third-order valence-electron chi connectivity index (χ3n) is 2.63. The van der Waals surface area contributed by atoms with Crippen LogP contribution >= 0.6 is 11.3 Å². The van der Waals surface area contributed by atoms with Gasteiger partial charge in [0.2, 0.25) is 0 Å². The molecule has 0 aliphatic heterocycles. The van der Waals surface area contributed by atoms with E-state index in [9.17, 15) is 4.79 Å². The Hall–Kier alpha value is -1.68. The van der Waals surface area contributed by atoms with E-state index in [2.05, 4.69) is 18.8 Å². The number of hydrogen-bond acceptors (Lipinski definition) is 3. The lowest BCUT2D eigenvalue weighted by molar-refractivity contribution is 0.0702. The number of carboxylic acids is 1. The average Bonchev–Trinajstić information content (AvgIpc) is 2.78. The highest BCUT2D eigenvalue weighted by Gasteiger charge is 2.14. The first-order valence-corrected chi connectivity index (χ1v) is 6.72. The molecule has 0 fully saturated rings. The maximum Gasteiger partial charge on any atom is 0.348 e. The number of carbonyl (C=O) groups is 1. The topological polar surface area (TPSA) is 50.2 Å². The fraction of sp³-hybridized carbons (Fsp3) is 0.286. The molecular weight excluding hydrogens is 246 g/mol. The largest absolute Gasteiger partial charge is 0.477 e. The van der Waals surface area contributed by atoms with Crippen molar-refractivity contribution in [3.05, 3.63) is 40.2 Å². The van der Waals surface area contributed by atoms with Crippen LogP contribution in [0.3, 0.4) is 0 Å². The van der Waals surface area contributed by atoms with Crippen LogP contribution in [0.4, 0.5) is 0 Å². The molecule has 0 aliphatic rings. The lowest BCUT2D eigenvalue weighted by atomic mass is 10.0. The van der Waals surface area contributed by atoms with E-state index in [1.807, 2.05) is 24.3 Å². The molecule has 0 unspecified atom stereocenters. The number of thiazole rings is 1. The van der Waals surface area contributed by atoms with Crippen molar-refractivity contribution in [3.63, 3.8) is 0 Å². The van der Waals surface area contributed by atoms with Crippen LogP contribution in [0.1, 0.15) is 29.1 Å². The second-order valence-electron chi connectivity index (χ2n) is 4.63. The maximum atomic E-state index is 11.0. The normalized spacial score (nSPS) is 10.8. The minimum Gasteiger partial charge on any atom is -0.477 e. The Kier molecular flexibility index (Phi) is 3.77. The SMILES string of the molecule is CC(C)Cc1ccc(-c2ncsc2C(=O)O)cc1. The van der Waals surface area contributed by atoms with Gasteiger partial charge < -0.3 is 5.11 Å². The summed E-state index contributed by atoms with van der Waals surface area (Å²) in [4.78, 5) is 15.5. The number of aromatic nitrogens is 1. The first kappa shape index (κ1) is 12.8. The minimum atomic E-state index is -0.918. The Morgan fingerprint density at radius 3 is 2.56 bits per heavy atom. The van der Waals surface area contributed by atoms with Crippen LogP contribution in [0.5, 0.6) is 0 Å². The van der Waals surface area contributed by atoms with Crippen LogP contribution in [0.2, 0.25) is 0 Å². The highest BCUT2D eigenvalue weighted by Crippen LogP contribution is 2.26. The minimum absolute atomic E-state index is 0.298. The molecule has 4 heteroatoms. The van der Waals surface area contributed by atoms with Crippen LogP contribution in [-0.2, 0) is 6.42 Å². The summed E-state index contributed by atoms with van der Waals surface area (Å²) in [6.07, 6.45) is 1.03. The van der Waals surface area contributed by atoms with Crippen molar-refractivity contribution in [1.29, 1.82) is 0 Å². The van der Waals surface area contributed by atoms with Crippen LogP contribution in [-0.4, -0.2) is 16.1 Å². The second kappa shape index (κ2) is 5.31. The van der Waals surface area contributed by atoms with E-state index in [0.717, 1.165) is 23.3 Å². The van der Waals surface area contributed by atoms with E-state index in [0.29, 0.717) is 16.5 Å². The third kappa shape index (κ3) is 2.76. The zero-order chi connectivity index (χ0) is 13.1. The Labute approximate surface area is 110 Å². The molecule has 0 radical (unpaired) electrons. The molecule has 0 bridgehead atoms. The van der Waals surface area contributed by atoms with Crippen molar-refractivity contribution in [2.24, 2.45) is 5.92 Å². The molecule has 0 saturated heterocycles. The number of benzene rings is 1. The number of nitrogens with zero attached hydrogens (tertiary/aromatic N) is 1. The number of hydrogen-bond donors (Lipinski definition) is 1. The van der Waals surface area contributed by atoms with Gasteiger partial charge in [0.1, 0.15) is 4.88 Å². The summed E-state index contributed by atoms with van der Waals surface area (Å²) in [6, 6.07) is 7.97. The van der Waals surface area contributed by atoms with Gasteiger partial charge in [-0.2, -0.15) is 0 Å². The summed E-state index contributed by atoms with van der Waals surface area (Å²) in [6.45, 7) is 4.35. The molecule has 0 saturated carbocycles. The quantitative estimate of drug-likeness (QED) is 0.912. The molecule has 1 N–H and O–H groups in total. The molecule has 1 aromatic heterocycles. The summed E-state index contributed by atoms with van der Waals surface area (Å²) in [5.41, 5.74) is 4.26. The lowest BCUT2D eigenvalue weighted by Gasteiger charge is -2.05. The van der Waals surface area contributed by atoms with Crippen molar-refractivity contribution < 1.29 is 9.90 Å². The van der Waals surface area contributed by atoms with Gasteiger partial charge in [0.25, 0.3) is 0 Å². The molecule has 94 valence electrons. The summed E-state index contributed by atoms with van der Waals surface area (Å²) in [7, 11) is 0. The molecule has 0 amide bonds. The smallest absolute Gasteiger partial charge is 0.348 e. The van der Waals surface area contributed by atoms with Crippen molar-refractivity contribution >= 4 is 17.3 Å². The van der Waals surface area contributed by atoms with Gasteiger partial charge in [0, 0.05) is 5.56 Å². The fourth-order valence-corrected chi connectivity index (χ4v) is 2.52. The molecule has 1 aromatic carbocycles. The highest BCUT2D eigenvalue weighted by molar-refractivity contribution is 7.12. The molecule has 0 spiro atoms. The Morgan fingerprint density at radius 2 is 2.00 bits per heavy atom. The van der Waals surface area contributed by atoms with E-state index in [-0.39, 0.29) is 0 Å². The molecule has 2 aromatic rings. The Balaban J connectivity index is 2.29. The van der Waals surface area contributed by atoms with Crippen molar-refractivity contribution in [2.45, 2.75) is 20.3 Å². The van der Waals surface area contributed by atoms with Crippen LogP contribution < -0.4 is 0 Å². The Morgan fingerprint density at radius 1 is 1.33 bits per heavy atom. The van der Waals surface area contributed by atoms with Gasteiger partial charge in [-0.15, -0.1) is 11.3 Å². The molecule has 2 rings (SSSR count). The second-order valence-corrected chi connectivity index (χ2v) is 5.48. The summed E-state index contributed by atoms with van der Waals surface area (Å²) >= 11 is 1.16. The maximum absolute atomic E-state index is 11.0. The lowest BCUT2D eigenvalue weighted by Crippen LogP contribution is -1.96. The van der Waals surface area contributed by atoms with E-state index >= 15 is 0 Å². The number of carboxylic acid groups (broad SMARTS) is 1. The van der Waals surface area contributed by atoms with Gasteiger partial charge in [0.15, 0.2) is 0 Å². The standard InChI is InChI=1S/C14H15NO2S/c1-9(2)7-10-3-5-11(6-4-10)12-13(14(16)17)18-8-15-12/h3-6,8-9H,7H2,1-2H3,(H,16,17). The van der Waals surface area contributed by atoms with Gasteiger partial charge >= 0.3 is 5.97 Å². The monoisotopic (exact) mass is 261 g/mol. The molecule has 1 heterocycles. The predicted octanol–water partition coefficient (Wildman–Crippen LogP) is 3.71. The van der Waals surface area contributed by atoms with E-state index in [1.54, 1.807) is 5.51 Å². The average molecular weight is 261 g/mol. The first-order valence-electron chi connectivity index (χ1n) is 5.84. The van der Waals surface area contributed by atoms with Crippen molar-refractivity contribution in [3.8, 4) is 11.3 Å². The highest BCUT2D eigenvalue weighted by atomic mass is 32.1. The summed E-state index contributed by atoms with van der Waals surface area (Å²) in [5, 5.41) is 9.06. The molecule has 0 aliphatic carbocycles.